The van der Waals surface area contributed by atoms with E-state index in [-0.39, 0.29) is 16.8 Å². The Balaban J connectivity index is 2.14. The van der Waals surface area contributed by atoms with Crippen LogP contribution in [0.2, 0.25) is 0 Å². The Morgan fingerprint density at radius 2 is 1.73 bits per heavy atom. The maximum absolute atomic E-state index is 12.0. The average molecular weight is 303 g/mol. The van der Waals surface area contributed by atoms with Crippen molar-refractivity contribution in [1.29, 1.82) is 0 Å². The van der Waals surface area contributed by atoms with Gasteiger partial charge in [0.2, 0.25) is 0 Å². The van der Waals surface area contributed by atoms with Crippen LogP contribution < -0.4 is 10.9 Å². The second-order valence-corrected chi connectivity index (χ2v) is 4.53. The minimum atomic E-state index is -0.773. The first kappa shape index (κ1) is 15.2. The maximum Gasteiger partial charge on any atom is 0.285 e. The van der Waals surface area contributed by atoms with Crippen molar-refractivity contribution < 1.29 is 18.9 Å². The molecular formula is C14H13N3O5. The molecular weight excluding hydrogens is 290 g/mol. The number of furan rings is 1. The van der Waals surface area contributed by atoms with Crippen molar-refractivity contribution in [2.45, 2.75) is 13.8 Å². The van der Waals surface area contributed by atoms with Gasteiger partial charge in [-0.05, 0) is 26.0 Å². The summed E-state index contributed by atoms with van der Waals surface area (Å²) in [6, 6.07) is 5.82. The van der Waals surface area contributed by atoms with Crippen molar-refractivity contribution >= 4 is 17.5 Å². The van der Waals surface area contributed by atoms with Gasteiger partial charge in [-0.15, -0.1) is 0 Å². The van der Waals surface area contributed by atoms with Crippen molar-refractivity contribution in [3.63, 3.8) is 0 Å². The number of nitrogens with one attached hydrogen (secondary N) is 2. The number of aryl methyl sites for hydroxylation is 2. The number of para-hydroxylation sites is 1. The van der Waals surface area contributed by atoms with Crippen LogP contribution in [0.4, 0.5) is 5.69 Å². The van der Waals surface area contributed by atoms with Gasteiger partial charge in [0.15, 0.2) is 0 Å². The first-order valence-electron chi connectivity index (χ1n) is 6.30. The molecule has 8 nitrogen and oxygen atoms in total. The van der Waals surface area contributed by atoms with Crippen LogP contribution in [0, 0.1) is 24.0 Å². The standard InChI is InChI=1S/C14H13N3O5/c1-8-4-3-5-11(12(8)17(20)21)14(19)16-15-13(18)10-6-7-22-9(10)2/h3-7H,1-2H3,(H,15,18)(H,16,19). The summed E-state index contributed by atoms with van der Waals surface area (Å²) < 4.78 is 4.98. The number of nitro groups is 1. The second-order valence-electron chi connectivity index (χ2n) is 4.53. The fourth-order valence-corrected chi connectivity index (χ4v) is 1.95. The highest BCUT2D eigenvalue weighted by Gasteiger charge is 2.23. The molecule has 0 unspecified atom stereocenters. The molecule has 0 bridgehead atoms. The molecule has 2 amide bonds. The molecule has 0 fully saturated rings. The monoisotopic (exact) mass is 303 g/mol. The third-order valence-corrected chi connectivity index (χ3v) is 3.06. The van der Waals surface area contributed by atoms with E-state index in [4.69, 9.17) is 4.42 Å². The highest BCUT2D eigenvalue weighted by molar-refractivity contribution is 6.01. The lowest BCUT2D eigenvalue weighted by Crippen LogP contribution is -2.42. The molecule has 2 aromatic rings. The highest BCUT2D eigenvalue weighted by Crippen LogP contribution is 2.22. The topological polar surface area (TPSA) is 114 Å². The van der Waals surface area contributed by atoms with Gasteiger partial charge in [-0.1, -0.05) is 12.1 Å². The molecule has 2 rings (SSSR count). The number of nitro benzene ring substituents is 1. The predicted octanol–water partition coefficient (Wildman–Crippen LogP) is 1.88. The number of hydrazine groups is 1. The smallest absolute Gasteiger partial charge is 0.285 e. The summed E-state index contributed by atoms with van der Waals surface area (Å²) in [5, 5.41) is 11.0. The molecule has 0 spiro atoms. The van der Waals surface area contributed by atoms with Gasteiger partial charge in [-0.25, -0.2) is 0 Å². The van der Waals surface area contributed by atoms with E-state index >= 15 is 0 Å². The van der Waals surface area contributed by atoms with Gasteiger partial charge in [-0.2, -0.15) is 0 Å². The molecule has 8 heteroatoms. The largest absolute Gasteiger partial charge is 0.469 e. The number of nitrogens with zero attached hydrogens (tertiary/aromatic N) is 1. The summed E-state index contributed by atoms with van der Waals surface area (Å²) >= 11 is 0. The lowest BCUT2D eigenvalue weighted by molar-refractivity contribution is -0.385. The Kier molecular flexibility index (Phi) is 4.21. The van der Waals surface area contributed by atoms with Crippen LogP contribution in [0.3, 0.4) is 0 Å². The lowest BCUT2D eigenvalue weighted by Gasteiger charge is -2.08. The molecule has 0 aliphatic heterocycles. The van der Waals surface area contributed by atoms with E-state index in [1.807, 2.05) is 0 Å². The quantitative estimate of drug-likeness (QED) is 0.663. The number of hydrogen-bond acceptors (Lipinski definition) is 5. The summed E-state index contributed by atoms with van der Waals surface area (Å²) in [6.07, 6.45) is 1.34. The number of amides is 2. The van der Waals surface area contributed by atoms with Crippen LogP contribution in [0.15, 0.2) is 34.9 Å². The Morgan fingerprint density at radius 1 is 1.09 bits per heavy atom. The minimum absolute atomic E-state index is 0.130. The third kappa shape index (κ3) is 2.95. The van der Waals surface area contributed by atoms with Crippen LogP contribution in [0.5, 0.6) is 0 Å². The van der Waals surface area contributed by atoms with E-state index in [1.165, 1.54) is 37.5 Å². The van der Waals surface area contributed by atoms with Crippen LogP contribution in [0.1, 0.15) is 32.0 Å². The fourth-order valence-electron chi connectivity index (χ4n) is 1.95. The third-order valence-electron chi connectivity index (χ3n) is 3.06. The van der Waals surface area contributed by atoms with E-state index in [9.17, 15) is 19.7 Å². The van der Waals surface area contributed by atoms with Crippen molar-refractivity contribution in [2.75, 3.05) is 0 Å². The van der Waals surface area contributed by atoms with Gasteiger partial charge in [0.1, 0.15) is 11.3 Å². The number of hydrogen-bond donors (Lipinski definition) is 2. The fraction of sp³-hybridized carbons (Fsp3) is 0.143. The summed E-state index contributed by atoms with van der Waals surface area (Å²) in [6.45, 7) is 3.13. The van der Waals surface area contributed by atoms with Gasteiger partial charge in [0.05, 0.1) is 16.7 Å². The van der Waals surface area contributed by atoms with Crippen LogP contribution >= 0.6 is 0 Å². The van der Waals surface area contributed by atoms with Gasteiger partial charge < -0.3 is 4.42 Å². The van der Waals surface area contributed by atoms with E-state index in [1.54, 1.807) is 6.92 Å². The van der Waals surface area contributed by atoms with Gasteiger partial charge in [0.25, 0.3) is 17.5 Å². The number of rotatable bonds is 3. The Morgan fingerprint density at radius 3 is 2.27 bits per heavy atom. The second kappa shape index (κ2) is 6.08. The molecule has 0 aliphatic carbocycles. The normalized spacial score (nSPS) is 10.1. The van der Waals surface area contributed by atoms with E-state index in [0.717, 1.165) is 0 Å². The molecule has 114 valence electrons. The number of carbonyl (C=O) groups is 2. The van der Waals surface area contributed by atoms with Crippen molar-refractivity contribution in [1.82, 2.24) is 10.9 Å². The molecule has 0 saturated heterocycles. The van der Waals surface area contributed by atoms with Crippen molar-refractivity contribution in [3.8, 4) is 0 Å². The highest BCUT2D eigenvalue weighted by atomic mass is 16.6. The zero-order valence-corrected chi connectivity index (χ0v) is 11.9. The molecule has 1 aromatic carbocycles. The van der Waals surface area contributed by atoms with Crippen LogP contribution in [-0.4, -0.2) is 16.7 Å². The summed E-state index contributed by atoms with van der Waals surface area (Å²) in [4.78, 5) is 34.3. The van der Waals surface area contributed by atoms with Gasteiger partial charge in [0, 0.05) is 5.56 Å². The average Bonchev–Trinajstić information content (AvgIpc) is 2.90. The number of carbonyl (C=O) groups excluding carboxylic acids is 2. The molecule has 0 aliphatic rings. The minimum Gasteiger partial charge on any atom is -0.469 e. The van der Waals surface area contributed by atoms with Crippen LogP contribution in [-0.2, 0) is 0 Å². The molecule has 0 saturated carbocycles. The van der Waals surface area contributed by atoms with E-state index in [2.05, 4.69) is 10.9 Å². The van der Waals surface area contributed by atoms with E-state index < -0.39 is 16.7 Å². The Labute approximate surface area is 125 Å². The zero-order chi connectivity index (χ0) is 16.3. The molecule has 1 aromatic heterocycles. The SMILES string of the molecule is Cc1cccc(C(=O)NNC(=O)c2ccoc2C)c1[N+](=O)[O-]. The van der Waals surface area contributed by atoms with Gasteiger partial charge in [-0.3, -0.25) is 30.6 Å². The summed E-state index contributed by atoms with van der Waals surface area (Å²) in [5.74, 6) is -0.951. The lowest BCUT2D eigenvalue weighted by atomic mass is 10.1. The first-order valence-corrected chi connectivity index (χ1v) is 6.30. The summed E-state index contributed by atoms with van der Waals surface area (Å²) in [7, 11) is 0. The summed E-state index contributed by atoms with van der Waals surface area (Å²) in [5.41, 5.74) is 4.53. The Hall–Kier alpha value is -3.16. The predicted molar refractivity (Wildman–Crippen MR) is 76.2 cm³/mol. The molecule has 0 atom stereocenters. The Bertz CT molecular complexity index is 751. The zero-order valence-electron chi connectivity index (χ0n) is 11.9. The number of benzene rings is 1. The van der Waals surface area contributed by atoms with Crippen LogP contribution in [0.25, 0.3) is 0 Å². The first-order chi connectivity index (χ1) is 10.4. The van der Waals surface area contributed by atoms with Crippen molar-refractivity contribution in [3.05, 3.63) is 63.1 Å². The van der Waals surface area contributed by atoms with E-state index in [0.29, 0.717) is 11.3 Å². The molecule has 22 heavy (non-hydrogen) atoms. The van der Waals surface area contributed by atoms with Crippen molar-refractivity contribution in [2.24, 2.45) is 0 Å². The molecule has 2 N–H and O–H groups in total. The van der Waals surface area contributed by atoms with Gasteiger partial charge >= 0.3 is 0 Å². The maximum atomic E-state index is 12.0. The molecule has 0 radical (unpaired) electrons. The molecule has 1 heterocycles.